The average molecular weight is 475 g/mol. The minimum atomic E-state index is 0. The molecule has 25 heavy (non-hydrogen) atoms. The predicted octanol–water partition coefficient (Wildman–Crippen LogP) is 2.87. The molecule has 3 rings (SSSR count). The standard InChI is InChI=1S/C17H23ClN6.HI/c1-3-19-16(20-10-15-22-12-23-24(15)2)21-11-17(8-9-17)13-4-6-14(18)7-5-13;/h4-7,12H,3,8-11H2,1-2H3,(H2,19,20,21);1H. The van der Waals surface area contributed by atoms with Gasteiger partial charge < -0.3 is 10.6 Å². The smallest absolute Gasteiger partial charge is 0.191 e. The first-order chi connectivity index (χ1) is 11.6. The van der Waals surface area contributed by atoms with E-state index in [9.17, 15) is 0 Å². The molecule has 1 aliphatic carbocycles. The minimum absolute atomic E-state index is 0. The first-order valence-electron chi connectivity index (χ1n) is 8.24. The van der Waals surface area contributed by atoms with E-state index in [1.807, 2.05) is 19.2 Å². The van der Waals surface area contributed by atoms with E-state index >= 15 is 0 Å². The highest BCUT2D eigenvalue weighted by atomic mass is 127. The number of aromatic nitrogens is 3. The van der Waals surface area contributed by atoms with E-state index in [2.05, 4.69) is 44.8 Å². The molecule has 0 radical (unpaired) electrons. The molecule has 0 spiro atoms. The van der Waals surface area contributed by atoms with Crippen molar-refractivity contribution in [1.82, 2.24) is 25.4 Å². The lowest BCUT2D eigenvalue weighted by molar-refractivity contribution is 0.643. The average Bonchev–Trinajstić information content (AvgIpc) is 3.26. The third-order valence-electron chi connectivity index (χ3n) is 4.43. The van der Waals surface area contributed by atoms with Crippen molar-refractivity contribution >= 4 is 41.5 Å². The van der Waals surface area contributed by atoms with Gasteiger partial charge in [-0.3, -0.25) is 4.68 Å². The van der Waals surface area contributed by atoms with E-state index in [4.69, 9.17) is 11.6 Å². The van der Waals surface area contributed by atoms with Crippen LogP contribution in [0.25, 0.3) is 0 Å². The second-order valence-corrected chi connectivity index (χ2v) is 6.57. The van der Waals surface area contributed by atoms with Gasteiger partial charge in [-0.2, -0.15) is 5.10 Å². The molecule has 1 saturated carbocycles. The van der Waals surface area contributed by atoms with Crippen LogP contribution in [-0.4, -0.2) is 33.8 Å². The second kappa shape index (κ2) is 8.84. The zero-order valence-corrected chi connectivity index (χ0v) is 17.6. The van der Waals surface area contributed by atoms with Gasteiger partial charge in [0.15, 0.2) is 5.96 Å². The van der Waals surface area contributed by atoms with Crippen molar-refractivity contribution in [3.63, 3.8) is 0 Å². The molecular formula is C17H24ClIN6. The van der Waals surface area contributed by atoms with Crippen LogP contribution >= 0.6 is 35.6 Å². The van der Waals surface area contributed by atoms with Gasteiger partial charge in [0, 0.05) is 30.6 Å². The van der Waals surface area contributed by atoms with Crippen molar-refractivity contribution in [3.8, 4) is 0 Å². The fourth-order valence-electron chi connectivity index (χ4n) is 2.73. The van der Waals surface area contributed by atoms with Crippen molar-refractivity contribution < 1.29 is 0 Å². The summed E-state index contributed by atoms with van der Waals surface area (Å²) in [5, 5.41) is 11.6. The van der Waals surface area contributed by atoms with Crippen LogP contribution in [0.4, 0.5) is 0 Å². The molecule has 0 atom stereocenters. The third kappa shape index (κ3) is 5.07. The third-order valence-corrected chi connectivity index (χ3v) is 4.68. The van der Waals surface area contributed by atoms with Gasteiger partial charge in [0.2, 0.25) is 0 Å². The molecule has 0 saturated heterocycles. The fourth-order valence-corrected chi connectivity index (χ4v) is 2.86. The van der Waals surface area contributed by atoms with Crippen LogP contribution in [0.5, 0.6) is 0 Å². The molecule has 2 aromatic rings. The maximum absolute atomic E-state index is 6.00. The Labute approximate surface area is 170 Å². The van der Waals surface area contributed by atoms with Gasteiger partial charge >= 0.3 is 0 Å². The number of nitrogens with zero attached hydrogens (tertiary/aromatic N) is 4. The van der Waals surface area contributed by atoms with Crippen LogP contribution in [0, 0.1) is 0 Å². The molecule has 0 unspecified atom stereocenters. The lowest BCUT2D eigenvalue weighted by atomic mass is 9.96. The lowest BCUT2D eigenvalue weighted by Crippen LogP contribution is -2.41. The molecule has 136 valence electrons. The van der Waals surface area contributed by atoms with E-state index in [0.29, 0.717) is 6.54 Å². The first kappa shape index (κ1) is 20.0. The quantitative estimate of drug-likeness (QED) is 0.384. The van der Waals surface area contributed by atoms with Gasteiger partial charge in [-0.15, -0.1) is 24.0 Å². The summed E-state index contributed by atoms with van der Waals surface area (Å²) in [5.41, 5.74) is 1.54. The van der Waals surface area contributed by atoms with Crippen LogP contribution in [0.3, 0.4) is 0 Å². The Morgan fingerprint density at radius 2 is 2.00 bits per heavy atom. The van der Waals surface area contributed by atoms with E-state index < -0.39 is 0 Å². The van der Waals surface area contributed by atoms with Crippen molar-refractivity contribution in [1.29, 1.82) is 0 Å². The molecule has 0 aliphatic heterocycles. The predicted molar refractivity (Wildman–Crippen MR) is 112 cm³/mol. The Balaban J connectivity index is 0.00000225. The summed E-state index contributed by atoms with van der Waals surface area (Å²) >= 11 is 6.00. The number of aliphatic imine (C=N–C) groups is 1. The summed E-state index contributed by atoms with van der Waals surface area (Å²) in [4.78, 5) is 8.81. The number of benzene rings is 1. The highest BCUT2D eigenvalue weighted by molar-refractivity contribution is 14.0. The first-order valence-corrected chi connectivity index (χ1v) is 8.62. The number of guanidine groups is 1. The zero-order valence-electron chi connectivity index (χ0n) is 14.5. The van der Waals surface area contributed by atoms with Gasteiger partial charge in [-0.1, -0.05) is 23.7 Å². The Kier molecular flexibility index (Phi) is 7.06. The molecular weight excluding hydrogens is 451 g/mol. The van der Waals surface area contributed by atoms with Crippen molar-refractivity contribution in [2.75, 3.05) is 13.1 Å². The Morgan fingerprint density at radius 1 is 1.28 bits per heavy atom. The van der Waals surface area contributed by atoms with E-state index in [0.717, 1.165) is 29.9 Å². The number of rotatable bonds is 6. The Morgan fingerprint density at radius 3 is 2.56 bits per heavy atom. The summed E-state index contributed by atoms with van der Waals surface area (Å²) in [6.07, 6.45) is 3.92. The Bertz CT molecular complexity index is 708. The monoisotopic (exact) mass is 474 g/mol. The summed E-state index contributed by atoms with van der Waals surface area (Å²) in [6.45, 7) is 4.24. The minimum Gasteiger partial charge on any atom is -0.357 e. The number of hydrogen-bond donors (Lipinski definition) is 2. The van der Waals surface area contributed by atoms with Crippen LogP contribution in [0.2, 0.25) is 5.02 Å². The number of nitrogens with one attached hydrogen (secondary N) is 2. The van der Waals surface area contributed by atoms with Gasteiger partial charge in [0.25, 0.3) is 0 Å². The second-order valence-electron chi connectivity index (χ2n) is 6.14. The highest BCUT2D eigenvalue weighted by Gasteiger charge is 2.44. The normalized spacial score (nSPS) is 15.4. The van der Waals surface area contributed by atoms with Gasteiger partial charge in [-0.25, -0.2) is 9.98 Å². The van der Waals surface area contributed by atoms with Gasteiger partial charge in [0.05, 0.1) is 0 Å². The lowest BCUT2D eigenvalue weighted by Gasteiger charge is -2.19. The van der Waals surface area contributed by atoms with Gasteiger partial charge in [0.1, 0.15) is 18.7 Å². The molecule has 0 bridgehead atoms. The zero-order chi connectivity index (χ0) is 17.0. The number of halogens is 2. The molecule has 0 amide bonds. The van der Waals surface area contributed by atoms with E-state index in [-0.39, 0.29) is 29.4 Å². The van der Waals surface area contributed by atoms with Crippen LogP contribution in [-0.2, 0) is 19.0 Å². The van der Waals surface area contributed by atoms with Crippen molar-refractivity contribution in [2.45, 2.75) is 31.7 Å². The van der Waals surface area contributed by atoms with Crippen molar-refractivity contribution in [2.24, 2.45) is 12.0 Å². The van der Waals surface area contributed by atoms with Crippen LogP contribution in [0.15, 0.2) is 35.6 Å². The largest absolute Gasteiger partial charge is 0.357 e. The molecule has 1 aromatic heterocycles. The van der Waals surface area contributed by atoms with Crippen LogP contribution in [0.1, 0.15) is 31.2 Å². The molecule has 1 fully saturated rings. The fraction of sp³-hybridized carbons (Fsp3) is 0.471. The summed E-state index contributed by atoms with van der Waals surface area (Å²) in [6, 6.07) is 8.18. The molecule has 2 N–H and O–H groups in total. The highest BCUT2D eigenvalue weighted by Crippen LogP contribution is 2.47. The molecule has 1 aromatic carbocycles. The number of hydrogen-bond acceptors (Lipinski definition) is 3. The van der Waals surface area contributed by atoms with Gasteiger partial charge in [-0.05, 0) is 37.5 Å². The maximum Gasteiger partial charge on any atom is 0.191 e. The summed E-state index contributed by atoms with van der Waals surface area (Å²) < 4.78 is 1.74. The van der Waals surface area contributed by atoms with Crippen LogP contribution < -0.4 is 10.6 Å². The molecule has 8 heteroatoms. The molecule has 1 heterocycles. The van der Waals surface area contributed by atoms with E-state index in [1.54, 1.807) is 11.0 Å². The molecule has 6 nitrogen and oxygen atoms in total. The topological polar surface area (TPSA) is 67.1 Å². The number of aryl methyl sites for hydroxylation is 1. The summed E-state index contributed by atoms with van der Waals surface area (Å²) in [7, 11) is 1.87. The summed E-state index contributed by atoms with van der Waals surface area (Å²) in [5.74, 6) is 1.65. The molecule has 1 aliphatic rings. The maximum atomic E-state index is 6.00. The van der Waals surface area contributed by atoms with Crippen molar-refractivity contribution in [3.05, 3.63) is 47.0 Å². The SMILES string of the molecule is CCNC(=NCc1ncnn1C)NCC1(c2ccc(Cl)cc2)CC1.I. The van der Waals surface area contributed by atoms with E-state index in [1.165, 1.54) is 18.4 Å². The Hall–Kier alpha value is -1.35.